The average molecular weight is 252 g/mol. The number of rotatable bonds is 3. The van der Waals surface area contributed by atoms with Crippen molar-refractivity contribution in [2.24, 2.45) is 0 Å². The second kappa shape index (κ2) is 5.67. The number of nitrogens with zero attached hydrogens (tertiary/aromatic N) is 1. The van der Waals surface area contributed by atoms with Gasteiger partial charge in [0.05, 0.1) is 0 Å². The molecule has 0 aliphatic carbocycles. The molecule has 0 spiro atoms. The van der Waals surface area contributed by atoms with Gasteiger partial charge in [-0.15, -0.1) is 0 Å². The highest BCUT2D eigenvalue weighted by Gasteiger charge is 2.20. The van der Waals surface area contributed by atoms with Crippen molar-refractivity contribution in [2.75, 3.05) is 20.1 Å². The van der Waals surface area contributed by atoms with E-state index in [1.54, 1.807) is 6.07 Å². The molecule has 100 valence electrons. The fraction of sp³-hybridized carbons (Fsp3) is 0.571. The maximum atomic E-state index is 12.9. The van der Waals surface area contributed by atoms with Gasteiger partial charge in [0, 0.05) is 30.3 Å². The average Bonchev–Trinajstić information content (AvgIpc) is 2.28. The van der Waals surface area contributed by atoms with Crippen LogP contribution in [-0.2, 0) is 0 Å². The Morgan fingerprint density at radius 1 is 1.50 bits per heavy atom. The summed E-state index contributed by atoms with van der Waals surface area (Å²) in [7, 11) is 2.12. The van der Waals surface area contributed by atoms with Gasteiger partial charge in [0.25, 0.3) is 0 Å². The number of hydrogen-bond donors (Lipinski definition) is 2. The summed E-state index contributed by atoms with van der Waals surface area (Å²) < 4.78 is 12.9. The molecule has 2 atom stereocenters. The summed E-state index contributed by atoms with van der Waals surface area (Å²) in [5.74, 6) is -0.375. The van der Waals surface area contributed by atoms with E-state index in [4.69, 9.17) is 0 Å². The maximum absolute atomic E-state index is 12.9. The Morgan fingerprint density at radius 3 is 2.94 bits per heavy atom. The number of likely N-dealkylation sites (N-methyl/N-ethyl adjacent to an activating group) is 1. The number of halogens is 1. The van der Waals surface area contributed by atoms with E-state index in [2.05, 4.69) is 17.3 Å². The van der Waals surface area contributed by atoms with Crippen molar-refractivity contribution in [3.05, 3.63) is 29.6 Å². The van der Waals surface area contributed by atoms with Crippen LogP contribution in [0.3, 0.4) is 0 Å². The van der Waals surface area contributed by atoms with Crippen LogP contribution in [0, 0.1) is 5.82 Å². The van der Waals surface area contributed by atoms with E-state index < -0.39 is 5.82 Å². The minimum Gasteiger partial charge on any atom is -0.508 e. The number of likely N-dealkylation sites (tertiary alicyclic amines) is 1. The van der Waals surface area contributed by atoms with Gasteiger partial charge in [-0.1, -0.05) is 6.07 Å². The van der Waals surface area contributed by atoms with Crippen molar-refractivity contribution in [2.45, 2.75) is 31.8 Å². The Kier molecular flexibility index (Phi) is 4.19. The number of piperidine rings is 1. The molecule has 18 heavy (non-hydrogen) atoms. The van der Waals surface area contributed by atoms with E-state index in [0.717, 1.165) is 25.1 Å². The third-order valence-electron chi connectivity index (χ3n) is 3.57. The first kappa shape index (κ1) is 13.3. The number of aromatic hydroxyl groups is 1. The molecular weight excluding hydrogens is 231 g/mol. The van der Waals surface area contributed by atoms with E-state index in [0.29, 0.717) is 6.04 Å². The Morgan fingerprint density at radius 2 is 2.28 bits per heavy atom. The van der Waals surface area contributed by atoms with Crippen LogP contribution in [0.2, 0.25) is 0 Å². The van der Waals surface area contributed by atoms with Gasteiger partial charge in [0.1, 0.15) is 11.6 Å². The van der Waals surface area contributed by atoms with Crippen LogP contribution < -0.4 is 5.32 Å². The minimum absolute atomic E-state index is 0.0270. The van der Waals surface area contributed by atoms with Crippen LogP contribution in [0.4, 0.5) is 4.39 Å². The van der Waals surface area contributed by atoms with Crippen LogP contribution in [0.15, 0.2) is 18.2 Å². The van der Waals surface area contributed by atoms with E-state index in [1.807, 2.05) is 6.92 Å². The monoisotopic (exact) mass is 252 g/mol. The van der Waals surface area contributed by atoms with Gasteiger partial charge in [-0.25, -0.2) is 4.39 Å². The lowest BCUT2D eigenvalue weighted by atomic mass is 10.0. The molecule has 2 N–H and O–H groups in total. The first-order valence-corrected chi connectivity index (χ1v) is 6.49. The Bertz CT molecular complexity index is 411. The summed E-state index contributed by atoms with van der Waals surface area (Å²) in [4.78, 5) is 2.30. The molecule has 1 fully saturated rings. The van der Waals surface area contributed by atoms with Gasteiger partial charge < -0.3 is 15.3 Å². The molecule has 1 aromatic rings. The second-order valence-corrected chi connectivity index (χ2v) is 5.19. The van der Waals surface area contributed by atoms with Crippen LogP contribution in [0.1, 0.15) is 31.4 Å². The maximum Gasteiger partial charge on any atom is 0.126 e. The molecule has 4 heteroatoms. The summed E-state index contributed by atoms with van der Waals surface area (Å²) in [5.41, 5.74) is 0.754. The van der Waals surface area contributed by atoms with E-state index in [9.17, 15) is 9.50 Å². The topological polar surface area (TPSA) is 35.5 Å². The Hall–Kier alpha value is -1.13. The fourth-order valence-electron chi connectivity index (χ4n) is 2.63. The zero-order chi connectivity index (χ0) is 13.1. The summed E-state index contributed by atoms with van der Waals surface area (Å²) in [6.07, 6.45) is 2.34. The quantitative estimate of drug-likeness (QED) is 0.866. The number of hydrogen-bond acceptors (Lipinski definition) is 3. The molecular formula is C14H21FN2O. The third kappa shape index (κ3) is 3.21. The van der Waals surface area contributed by atoms with E-state index in [-0.39, 0.29) is 11.8 Å². The van der Waals surface area contributed by atoms with Crippen LogP contribution >= 0.6 is 0 Å². The van der Waals surface area contributed by atoms with E-state index >= 15 is 0 Å². The minimum atomic E-state index is -0.402. The van der Waals surface area contributed by atoms with Crippen molar-refractivity contribution in [3.63, 3.8) is 0 Å². The highest BCUT2D eigenvalue weighted by atomic mass is 19.1. The van der Waals surface area contributed by atoms with Crippen molar-refractivity contribution in [1.29, 1.82) is 0 Å². The van der Waals surface area contributed by atoms with Crippen LogP contribution in [0.25, 0.3) is 0 Å². The molecule has 1 aromatic carbocycles. The lowest BCUT2D eigenvalue weighted by Gasteiger charge is -2.32. The lowest BCUT2D eigenvalue weighted by molar-refractivity contribution is 0.218. The van der Waals surface area contributed by atoms with Gasteiger partial charge in [0.2, 0.25) is 0 Å². The van der Waals surface area contributed by atoms with Crippen molar-refractivity contribution < 1.29 is 9.50 Å². The molecule has 1 heterocycles. The third-order valence-corrected chi connectivity index (χ3v) is 3.57. The largest absolute Gasteiger partial charge is 0.508 e. The number of benzene rings is 1. The smallest absolute Gasteiger partial charge is 0.126 e. The molecule has 0 radical (unpaired) electrons. The van der Waals surface area contributed by atoms with E-state index in [1.165, 1.54) is 18.6 Å². The predicted molar refractivity (Wildman–Crippen MR) is 70.1 cm³/mol. The molecule has 0 aromatic heterocycles. The number of phenolic OH excluding ortho intramolecular Hbond substituents is 1. The molecule has 0 amide bonds. The first-order valence-electron chi connectivity index (χ1n) is 6.49. The van der Waals surface area contributed by atoms with Crippen molar-refractivity contribution >= 4 is 0 Å². The van der Waals surface area contributed by atoms with Gasteiger partial charge in [-0.3, -0.25) is 0 Å². The number of phenols is 1. The summed E-state index contributed by atoms with van der Waals surface area (Å²) in [6.45, 7) is 4.17. The summed E-state index contributed by atoms with van der Waals surface area (Å²) in [5, 5.41) is 13.3. The Balaban J connectivity index is 2.00. The fourth-order valence-corrected chi connectivity index (χ4v) is 2.63. The highest BCUT2D eigenvalue weighted by molar-refractivity contribution is 5.34. The summed E-state index contributed by atoms with van der Waals surface area (Å²) in [6, 6.07) is 4.67. The molecule has 1 aliphatic heterocycles. The zero-order valence-electron chi connectivity index (χ0n) is 11.0. The predicted octanol–water partition coefficient (Wildman–Crippen LogP) is 2.28. The zero-order valence-corrected chi connectivity index (χ0v) is 11.0. The van der Waals surface area contributed by atoms with Gasteiger partial charge in [-0.05, 0) is 39.4 Å². The standard InChI is InChI=1S/C14H21FN2O/c1-10(13-6-5-11(15)8-14(13)18)16-12-4-3-7-17(2)9-12/h5-6,8,10,12,16,18H,3-4,7,9H2,1-2H3. The molecule has 0 bridgehead atoms. The van der Waals surface area contributed by atoms with Gasteiger partial charge in [-0.2, -0.15) is 0 Å². The molecule has 2 unspecified atom stereocenters. The lowest BCUT2D eigenvalue weighted by Crippen LogP contribution is -2.44. The first-order chi connectivity index (χ1) is 8.56. The Labute approximate surface area is 108 Å². The molecule has 1 aliphatic rings. The van der Waals surface area contributed by atoms with Crippen LogP contribution in [-0.4, -0.2) is 36.2 Å². The second-order valence-electron chi connectivity index (χ2n) is 5.19. The highest BCUT2D eigenvalue weighted by Crippen LogP contribution is 2.25. The SMILES string of the molecule is CC(NC1CCCN(C)C1)c1ccc(F)cc1O. The van der Waals surface area contributed by atoms with Crippen molar-refractivity contribution in [3.8, 4) is 5.75 Å². The normalized spacial score (nSPS) is 22.9. The van der Waals surface area contributed by atoms with Gasteiger partial charge >= 0.3 is 0 Å². The molecule has 1 saturated heterocycles. The van der Waals surface area contributed by atoms with Crippen LogP contribution in [0.5, 0.6) is 5.75 Å². The number of nitrogens with one attached hydrogen (secondary N) is 1. The molecule has 0 saturated carbocycles. The van der Waals surface area contributed by atoms with Crippen molar-refractivity contribution in [1.82, 2.24) is 10.2 Å². The van der Waals surface area contributed by atoms with Gasteiger partial charge in [0.15, 0.2) is 0 Å². The molecule has 3 nitrogen and oxygen atoms in total. The molecule has 2 rings (SSSR count). The summed E-state index contributed by atoms with van der Waals surface area (Å²) >= 11 is 0.